The summed E-state index contributed by atoms with van der Waals surface area (Å²) < 4.78 is 0. The Balaban J connectivity index is 1.96. The van der Waals surface area contributed by atoms with Gasteiger partial charge in [0.05, 0.1) is 11.4 Å². The van der Waals surface area contributed by atoms with E-state index in [1.807, 2.05) is 54.9 Å². The van der Waals surface area contributed by atoms with Gasteiger partial charge in [-0.15, -0.1) is 0 Å². The lowest BCUT2D eigenvalue weighted by Gasteiger charge is -2.01. The number of aromatic amines is 1. The Morgan fingerprint density at radius 3 is 2.41 bits per heavy atom. The Morgan fingerprint density at radius 1 is 0.824 bits per heavy atom. The monoisotopic (exact) mass is 221 g/mol. The largest absolute Gasteiger partial charge is 0.361 e. The minimum atomic E-state index is 0.890. The van der Waals surface area contributed by atoms with Gasteiger partial charge in [0.25, 0.3) is 0 Å². The van der Waals surface area contributed by atoms with Crippen molar-refractivity contribution in [3.05, 3.63) is 61.1 Å². The van der Waals surface area contributed by atoms with Crippen LogP contribution in [0.2, 0.25) is 0 Å². The molecule has 1 N–H and O–H groups in total. The molecular weight excluding hydrogens is 210 g/mol. The number of hydrogen-bond donors (Lipinski definition) is 1. The normalized spacial score (nSPS) is 10.4. The maximum absolute atomic E-state index is 4.42. The topological polar surface area (TPSA) is 41.6 Å². The highest BCUT2D eigenvalue weighted by molar-refractivity contribution is 5.62. The van der Waals surface area contributed by atoms with Crippen molar-refractivity contribution >= 4 is 0 Å². The lowest BCUT2D eigenvalue weighted by atomic mass is 10.2. The Bertz CT molecular complexity index is 583. The Hall–Kier alpha value is -2.42. The summed E-state index contributed by atoms with van der Waals surface area (Å²) in [4.78, 5) is 11.9. The van der Waals surface area contributed by atoms with E-state index in [9.17, 15) is 0 Å². The maximum atomic E-state index is 4.42. The van der Waals surface area contributed by atoms with Crippen LogP contribution in [-0.4, -0.2) is 15.0 Å². The van der Waals surface area contributed by atoms with E-state index in [2.05, 4.69) is 15.0 Å². The van der Waals surface area contributed by atoms with Crippen LogP contribution >= 0.6 is 0 Å². The number of pyridine rings is 2. The van der Waals surface area contributed by atoms with Crippen LogP contribution in [0.25, 0.3) is 22.6 Å². The van der Waals surface area contributed by atoms with E-state index in [-0.39, 0.29) is 0 Å². The molecular formula is C14H11N3. The van der Waals surface area contributed by atoms with Crippen LogP contribution in [0.4, 0.5) is 0 Å². The predicted molar refractivity (Wildman–Crippen MR) is 67.3 cm³/mol. The molecule has 3 heteroatoms. The van der Waals surface area contributed by atoms with E-state index in [1.165, 1.54) is 0 Å². The van der Waals surface area contributed by atoms with Crippen molar-refractivity contribution in [2.75, 3.05) is 0 Å². The standard InChI is InChI=1S/C14H11N3/c1-2-8-16-13(4-1)14-7-6-11(10-17-14)12-5-3-9-15-12/h1-10,15H. The van der Waals surface area contributed by atoms with Crippen molar-refractivity contribution in [2.24, 2.45) is 0 Å². The van der Waals surface area contributed by atoms with Crippen LogP contribution < -0.4 is 0 Å². The second-order valence-electron chi connectivity index (χ2n) is 3.73. The molecule has 0 unspecified atom stereocenters. The van der Waals surface area contributed by atoms with Gasteiger partial charge in [0.2, 0.25) is 0 Å². The molecule has 0 aliphatic heterocycles. The average molecular weight is 221 g/mol. The van der Waals surface area contributed by atoms with E-state index in [0.717, 1.165) is 22.6 Å². The van der Waals surface area contributed by atoms with Crippen LogP contribution in [0.3, 0.4) is 0 Å². The van der Waals surface area contributed by atoms with E-state index in [1.54, 1.807) is 6.20 Å². The molecule has 3 heterocycles. The molecule has 17 heavy (non-hydrogen) atoms. The van der Waals surface area contributed by atoms with Gasteiger partial charge >= 0.3 is 0 Å². The zero-order valence-corrected chi connectivity index (χ0v) is 9.17. The van der Waals surface area contributed by atoms with Crippen molar-refractivity contribution in [1.29, 1.82) is 0 Å². The molecule has 0 radical (unpaired) electrons. The smallest absolute Gasteiger partial charge is 0.0886 e. The summed E-state index contributed by atoms with van der Waals surface area (Å²) in [6, 6.07) is 13.8. The van der Waals surface area contributed by atoms with Gasteiger partial charge in [0, 0.05) is 29.8 Å². The van der Waals surface area contributed by atoms with E-state index < -0.39 is 0 Å². The summed E-state index contributed by atoms with van der Waals surface area (Å²) in [6.45, 7) is 0. The first kappa shape index (κ1) is 9.78. The second-order valence-corrected chi connectivity index (χ2v) is 3.73. The van der Waals surface area contributed by atoms with Gasteiger partial charge < -0.3 is 4.98 Å². The molecule has 0 saturated heterocycles. The summed E-state index contributed by atoms with van der Waals surface area (Å²) in [5, 5.41) is 0. The zero-order valence-electron chi connectivity index (χ0n) is 9.17. The second kappa shape index (κ2) is 4.22. The average Bonchev–Trinajstić information content (AvgIpc) is 2.94. The van der Waals surface area contributed by atoms with Gasteiger partial charge in [-0.1, -0.05) is 6.07 Å². The molecule has 0 aromatic carbocycles. The number of nitrogens with zero attached hydrogens (tertiary/aromatic N) is 2. The number of rotatable bonds is 2. The zero-order chi connectivity index (χ0) is 11.5. The molecule has 0 saturated carbocycles. The Labute approximate surface area is 99.2 Å². The summed E-state index contributed by atoms with van der Waals surface area (Å²) >= 11 is 0. The van der Waals surface area contributed by atoms with E-state index in [4.69, 9.17) is 0 Å². The highest BCUT2D eigenvalue weighted by Crippen LogP contribution is 2.19. The van der Waals surface area contributed by atoms with E-state index >= 15 is 0 Å². The number of hydrogen-bond acceptors (Lipinski definition) is 2. The van der Waals surface area contributed by atoms with Gasteiger partial charge in [-0.05, 0) is 36.4 Å². The van der Waals surface area contributed by atoms with Gasteiger partial charge in [0.15, 0.2) is 0 Å². The lowest BCUT2D eigenvalue weighted by Crippen LogP contribution is -1.87. The molecule has 0 aliphatic rings. The van der Waals surface area contributed by atoms with Crippen molar-refractivity contribution in [2.45, 2.75) is 0 Å². The van der Waals surface area contributed by atoms with Crippen LogP contribution in [0.1, 0.15) is 0 Å². The molecule has 3 aromatic heterocycles. The molecule has 0 bridgehead atoms. The first-order valence-corrected chi connectivity index (χ1v) is 5.45. The SMILES string of the molecule is c1ccc(-c2ccc(-c3ccc[nH]3)cn2)nc1. The van der Waals surface area contributed by atoms with Crippen LogP contribution in [0.15, 0.2) is 61.1 Å². The molecule has 0 amide bonds. The molecule has 3 rings (SSSR count). The Morgan fingerprint density at radius 2 is 1.76 bits per heavy atom. The summed E-state index contributed by atoms with van der Waals surface area (Å²) in [5.74, 6) is 0. The molecule has 3 aromatic rings. The van der Waals surface area contributed by atoms with Crippen molar-refractivity contribution in [3.63, 3.8) is 0 Å². The molecule has 0 spiro atoms. The summed E-state index contributed by atoms with van der Waals surface area (Å²) in [6.07, 6.45) is 5.54. The third kappa shape index (κ3) is 1.95. The first-order valence-electron chi connectivity index (χ1n) is 5.45. The van der Waals surface area contributed by atoms with Gasteiger partial charge in [-0.2, -0.15) is 0 Å². The summed E-state index contributed by atoms with van der Waals surface area (Å²) in [5.41, 5.74) is 3.94. The van der Waals surface area contributed by atoms with E-state index in [0.29, 0.717) is 0 Å². The Kier molecular flexibility index (Phi) is 2.43. The number of nitrogens with one attached hydrogen (secondary N) is 1. The lowest BCUT2D eigenvalue weighted by molar-refractivity contribution is 1.24. The van der Waals surface area contributed by atoms with Gasteiger partial charge in [-0.3, -0.25) is 9.97 Å². The number of H-pyrrole nitrogens is 1. The fraction of sp³-hybridized carbons (Fsp3) is 0. The fourth-order valence-corrected chi connectivity index (χ4v) is 1.73. The third-order valence-corrected chi connectivity index (χ3v) is 2.60. The van der Waals surface area contributed by atoms with Crippen LogP contribution in [-0.2, 0) is 0 Å². The van der Waals surface area contributed by atoms with Crippen molar-refractivity contribution in [1.82, 2.24) is 15.0 Å². The molecule has 0 aliphatic carbocycles. The van der Waals surface area contributed by atoms with Gasteiger partial charge in [-0.25, -0.2) is 0 Å². The predicted octanol–water partition coefficient (Wildman–Crippen LogP) is 3.14. The molecule has 3 nitrogen and oxygen atoms in total. The van der Waals surface area contributed by atoms with Crippen molar-refractivity contribution in [3.8, 4) is 22.6 Å². The third-order valence-electron chi connectivity index (χ3n) is 2.60. The fourth-order valence-electron chi connectivity index (χ4n) is 1.73. The molecule has 0 fully saturated rings. The van der Waals surface area contributed by atoms with Crippen molar-refractivity contribution < 1.29 is 0 Å². The van der Waals surface area contributed by atoms with Crippen LogP contribution in [0.5, 0.6) is 0 Å². The maximum Gasteiger partial charge on any atom is 0.0886 e. The summed E-state index contributed by atoms with van der Waals surface area (Å²) in [7, 11) is 0. The number of aromatic nitrogens is 3. The first-order chi connectivity index (χ1) is 8.43. The minimum absolute atomic E-state index is 0.890. The highest BCUT2D eigenvalue weighted by atomic mass is 14.8. The van der Waals surface area contributed by atoms with Gasteiger partial charge in [0.1, 0.15) is 0 Å². The molecule has 82 valence electrons. The van der Waals surface area contributed by atoms with Crippen LogP contribution in [0, 0.1) is 0 Å². The molecule has 0 atom stereocenters. The quantitative estimate of drug-likeness (QED) is 0.722. The highest BCUT2D eigenvalue weighted by Gasteiger charge is 2.01. The minimum Gasteiger partial charge on any atom is -0.361 e.